The molecule has 0 atom stereocenters. The van der Waals surface area contributed by atoms with E-state index < -0.39 is 0 Å². The zero-order valence-corrected chi connectivity index (χ0v) is 7.71. The molecule has 2 rings (SSSR count). The van der Waals surface area contributed by atoms with Crippen molar-refractivity contribution in [3.63, 3.8) is 0 Å². The normalized spacial score (nSPS) is 10.1. The number of hydrogen-bond donors (Lipinski definition) is 0. The second kappa shape index (κ2) is 3.41. The van der Waals surface area contributed by atoms with Crippen LogP contribution in [0.25, 0.3) is 0 Å². The minimum atomic E-state index is -0.106. The topological polar surface area (TPSA) is 47.8 Å². The van der Waals surface area contributed by atoms with Gasteiger partial charge in [0.1, 0.15) is 6.33 Å². The lowest BCUT2D eigenvalue weighted by atomic mass is 10.1. The summed E-state index contributed by atoms with van der Waals surface area (Å²) in [6.45, 7) is 0. The molecule has 4 nitrogen and oxygen atoms in total. The first-order chi connectivity index (χ1) is 6.79. The molecule has 1 heterocycles. The van der Waals surface area contributed by atoms with E-state index in [0.29, 0.717) is 11.4 Å². The molecule has 0 aliphatic carbocycles. The number of hydrogen-bond acceptors (Lipinski definition) is 3. The average molecular weight is 187 g/mol. The maximum atomic E-state index is 11.8. The molecule has 0 spiro atoms. The molecule has 1 aromatic heterocycles. The number of carbonyl (C=O) groups is 1. The van der Waals surface area contributed by atoms with E-state index in [0.717, 1.165) is 0 Å². The molecule has 0 saturated carbocycles. The Labute approximate surface area is 81.2 Å². The largest absolute Gasteiger partial charge is 0.314 e. The number of benzene rings is 1. The van der Waals surface area contributed by atoms with E-state index >= 15 is 0 Å². The van der Waals surface area contributed by atoms with E-state index in [-0.39, 0.29) is 5.78 Å². The van der Waals surface area contributed by atoms with Crippen molar-refractivity contribution in [3.05, 3.63) is 48.0 Å². The van der Waals surface area contributed by atoms with Crippen molar-refractivity contribution in [1.29, 1.82) is 0 Å². The molecular weight excluding hydrogens is 178 g/mol. The molecule has 0 radical (unpaired) electrons. The van der Waals surface area contributed by atoms with Gasteiger partial charge in [-0.2, -0.15) is 0 Å². The molecule has 0 saturated heterocycles. The van der Waals surface area contributed by atoms with Crippen LogP contribution < -0.4 is 0 Å². The Bertz CT molecular complexity index is 447. The third kappa shape index (κ3) is 1.42. The Morgan fingerprint density at radius 1 is 1.29 bits per heavy atom. The van der Waals surface area contributed by atoms with Crippen molar-refractivity contribution in [2.24, 2.45) is 7.05 Å². The van der Waals surface area contributed by atoms with Crippen LogP contribution in [-0.2, 0) is 7.05 Å². The zero-order valence-electron chi connectivity index (χ0n) is 7.71. The lowest BCUT2D eigenvalue weighted by molar-refractivity contribution is 0.102. The predicted octanol–water partition coefficient (Wildman–Crippen LogP) is 1.05. The summed E-state index contributed by atoms with van der Waals surface area (Å²) in [7, 11) is 1.75. The van der Waals surface area contributed by atoms with E-state index in [9.17, 15) is 4.79 Å². The van der Waals surface area contributed by atoms with Crippen molar-refractivity contribution in [2.75, 3.05) is 0 Å². The molecule has 0 amide bonds. The first-order valence-corrected chi connectivity index (χ1v) is 4.23. The van der Waals surface area contributed by atoms with E-state index in [1.54, 1.807) is 23.7 Å². The maximum absolute atomic E-state index is 11.8. The fraction of sp³-hybridized carbons (Fsp3) is 0.100. The van der Waals surface area contributed by atoms with Gasteiger partial charge in [-0.3, -0.25) is 4.79 Å². The highest BCUT2D eigenvalue weighted by Crippen LogP contribution is 2.05. The highest BCUT2D eigenvalue weighted by molar-refractivity contribution is 6.06. The molecule has 0 bridgehead atoms. The van der Waals surface area contributed by atoms with Crippen LogP contribution in [0.15, 0.2) is 36.7 Å². The highest BCUT2D eigenvalue weighted by Gasteiger charge is 2.13. The molecular formula is C10H9N3O. The second-order valence-corrected chi connectivity index (χ2v) is 2.96. The Hall–Kier alpha value is -1.97. The molecule has 2 aromatic rings. The average Bonchev–Trinajstić information content (AvgIpc) is 2.65. The van der Waals surface area contributed by atoms with Crippen LogP contribution in [0.1, 0.15) is 16.2 Å². The van der Waals surface area contributed by atoms with Crippen LogP contribution in [0.4, 0.5) is 0 Å². The van der Waals surface area contributed by atoms with E-state index in [1.807, 2.05) is 18.2 Å². The number of aromatic nitrogens is 3. The highest BCUT2D eigenvalue weighted by atomic mass is 16.1. The SMILES string of the molecule is Cn1cnnc1C(=O)c1ccccc1. The summed E-state index contributed by atoms with van der Waals surface area (Å²) in [5.74, 6) is 0.252. The molecule has 0 fully saturated rings. The summed E-state index contributed by atoms with van der Waals surface area (Å²) in [5, 5.41) is 7.42. The monoisotopic (exact) mass is 187 g/mol. The molecule has 0 N–H and O–H groups in total. The molecule has 70 valence electrons. The lowest BCUT2D eigenvalue weighted by Gasteiger charge is -1.98. The minimum Gasteiger partial charge on any atom is -0.314 e. The number of carbonyl (C=O) groups excluding carboxylic acids is 1. The van der Waals surface area contributed by atoms with Gasteiger partial charge in [-0.1, -0.05) is 30.3 Å². The predicted molar refractivity (Wildman–Crippen MR) is 50.9 cm³/mol. The number of nitrogens with zero attached hydrogens (tertiary/aromatic N) is 3. The lowest BCUT2D eigenvalue weighted by Crippen LogP contribution is -2.08. The summed E-state index contributed by atoms with van der Waals surface area (Å²) in [5.41, 5.74) is 0.628. The van der Waals surface area contributed by atoms with Crippen molar-refractivity contribution in [1.82, 2.24) is 14.8 Å². The summed E-state index contributed by atoms with van der Waals surface area (Å²) >= 11 is 0. The molecule has 0 aliphatic rings. The zero-order chi connectivity index (χ0) is 9.97. The van der Waals surface area contributed by atoms with Crippen LogP contribution in [0.2, 0.25) is 0 Å². The molecule has 14 heavy (non-hydrogen) atoms. The van der Waals surface area contributed by atoms with Gasteiger partial charge in [0.15, 0.2) is 0 Å². The van der Waals surface area contributed by atoms with Crippen LogP contribution >= 0.6 is 0 Å². The van der Waals surface area contributed by atoms with Gasteiger partial charge < -0.3 is 4.57 Å². The smallest absolute Gasteiger partial charge is 0.230 e. The maximum Gasteiger partial charge on any atom is 0.230 e. The van der Waals surface area contributed by atoms with E-state index in [1.165, 1.54) is 6.33 Å². The van der Waals surface area contributed by atoms with Gasteiger partial charge in [0.25, 0.3) is 0 Å². The van der Waals surface area contributed by atoms with E-state index in [4.69, 9.17) is 0 Å². The Kier molecular flexibility index (Phi) is 2.10. The third-order valence-electron chi connectivity index (χ3n) is 1.95. The summed E-state index contributed by atoms with van der Waals surface area (Å²) in [6.07, 6.45) is 1.51. The molecule has 0 aliphatic heterocycles. The van der Waals surface area contributed by atoms with Gasteiger partial charge in [0.2, 0.25) is 11.6 Å². The van der Waals surface area contributed by atoms with Crippen LogP contribution in [0.3, 0.4) is 0 Å². The second-order valence-electron chi connectivity index (χ2n) is 2.96. The first-order valence-electron chi connectivity index (χ1n) is 4.23. The van der Waals surface area contributed by atoms with Crippen molar-refractivity contribution in [2.45, 2.75) is 0 Å². The van der Waals surface area contributed by atoms with Crippen molar-refractivity contribution in [3.8, 4) is 0 Å². The Morgan fingerprint density at radius 2 is 2.00 bits per heavy atom. The Balaban J connectivity index is 2.39. The number of rotatable bonds is 2. The summed E-state index contributed by atoms with van der Waals surface area (Å²) < 4.78 is 1.61. The van der Waals surface area contributed by atoms with Crippen LogP contribution in [-0.4, -0.2) is 20.5 Å². The van der Waals surface area contributed by atoms with E-state index in [2.05, 4.69) is 10.2 Å². The number of ketones is 1. The number of aryl methyl sites for hydroxylation is 1. The van der Waals surface area contributed by atoms with Gasteiger partial charge in [0, 0.05) is 12.6 Å². The van der Waals surface area contributed by atoms with Gasteiger partial charge >= 0.3 is 0 Å². The Morgan fingerprint density at radius 3 is 2.57 bits per heavy atom. The van der Waals surface area contributed by atoms with Gasteiger partial charge in [-0.05, 0) is 0 Å². The van der Waals surface area contributed by atoms with Crippen molar-refractivity contribution >= 4 is 5.78 Å². The fourth-order valence-corrected chi connectivity index (χ4v) is 1.21. The van der Waals surface area contributed by atoms with Gasteiger partial charge in [0.05, 0.1) is 0 Å². The molecule has 0 unspecified atom stereocenters. The van der Waals surface area contributed by atoms with Gasteiger partial charge in [-0.15, -0.1) is 10.2 Å². The third-order valence-corrected chi connectivity index (χ3v) is 1.95. The fourth-order valence-electron chi connectivity index (χ4n) is 1.21. The summed E-state index contributed by atoms with van der Waals surface area (Å²) in [6, 6.07) is 9.04. The van der Waals surface area contributed by atoms with Crippen LogP contribution in [0.5, 0.6) is 0 Å². The quantitative estimate of drug-likeness (QED) is 0.660. The van der Waals surface area contributed by atoms with Crippen molar-refractivity contribution < 1.29 is 4.79 Å². The van der Waals surface area contributed by atoms with Crippen LogP contribution in [0, 0.1) is 0 Å². The first kappa shape index (κ1) is 8.62. The minimum absolute atomic E-state index is 0.106. The summed E-state index contributed by atoms with van der Waals surface area (Å²) in [4.78, 5) is 11.8. The molecule has 1 aromatic carbocycles. The van der Waals surface area contributed by atoms with Gasteiger partial charge in [-0.25, -0.2) is 0 Å². The standard InChI is InChI=1S/C10H9N3O/c1-13-7-11-12-10(13)9(14)8-5-3-2-4-6-8/h2-7H,1H3. The molecule has 4 heteroatoms.